The van der Waals surface area contributed by atoms with Crippen molar-refractivity contribution in [2.45, 2.75) is 38.7 Å². The van der Waals surface area contributed by atoms with E-state index in [1.165, 1.54) is 0 Å². The Bertz CT molecular complexity index is 488. The Morgan fingerprint density at radius 3 is 2.86 bits per heavy atom. The number of imidazole rings is 1. The minimum absolute atomic E-state index is 0.427. The third-order valence-corrected chi connectivity index (χ3v) is 4.64. The highest BCUT2D eigenvalue weighted by molar-refractivity contribution is 5.75. The molecule has 1 fully saturated rings. The minimum Gasteiger partial charge on any atom is -0.481 e. The zero-order valence-corrected chi connectivity index (χ0v) is 12.8. The van der Waals surface area contributed by atoms with Gasteiger partial charge in [0.15, 0.2) is 0 Å². The topological polar surface area (TPSA) is 78.6 Å². The second-order valence-corrected chi connectivity index (χ2v) is 5.98. The van der Waals surface area contributed by atoms with Crippen molar-refractivity contribution in [2.24, 2.45) is 12.5 Å². The molecule has 0 bridgehead atoms. The van der Waals surface area contributed by atoms with Crippen molar-refractivity contribution in [3.8, 4) is 0 Å². The molecule has 21 heavy (non-hydrogen) atoms. The fourth-order valence-electron chi connectivity index (χ4n) is 3.23. The van der Waals surface area contributed by atoms with Crippen LogP contribution in [-0.2, 0) is 18.3 Å². The van der Waals surface area contributed by atoms with Gasteiger partial charge < -0.3 is 19.7 Å². The molecule has 0 radical (unpaired) electrons. The summed E-state index contributed by atoms with van der Waals surface area (Å²) in [5, 5.41) is 19.9. The van der Waals surface area contributed by atoms with E-state index in [9.17, 15) is 15.0 Å². The highest BCUT2D eigenvalue weighted by atomic mass is 16.4. The van der Waals surface area contributed by atoms with Crippen LogP contribution >= 0.6 is 0 Å². The van der Waals surface area contributed by atoms with Crippen molar-refractivity contribution in [1.82, 2.24) is 14.5 Å². The number of carbonyl (C=O) groups is 1. The number of rotatable bonds is 6. The highest BCUT2D eigenvalue weighted by Gasteiger charge is 2.47. The summed E-state index contributed by atoms with van der Waals surface area (Å²) in [6, 6.07) is 0. The van der Waals surface area contributed by atoms with Gasteiger partial charge in [-0.3, -0.25) is 4.79 Å². The Labute approximate surface area is 125 Å². The molecule has 1 aliphatic heterocycles. The first kappa shape index (κ1) is 16.0. The molecule has 6 heteroatoms. The van der Waals surface area contributed by atoms with Gasteiger partial charge in [-0.05, 0) is 19.4 Å². The lowest BCUT2D eigenvalue weighted by Gasteiger charge is -2.42. The Morgan fingerprint density at radius 2 is 2.33 bits per heavy atom. The summed E-state index contributed by atoms with van der Waals surface area (Å²) >= 11 is 0. The van der Waals surface area contributed by atoms with E-state index in [4.69, 9.17) is 0 Å². The van der Waals surface area contributed by atoms with Crippen LogP contribution in [0.25, 0.3) is 0 Å². The summed E-state index contributed by atoms with van der Waals surface area (Å²) in [4.78, 5) is 18.0. The van der Waals surface area contributed by atoms with Crippen molar-refractivity contribution < 1.29 is 15.0 Å². The van der Waals surface area contributed by atoms with Gasteiger partial charge in [0.2, 0.25) is 0 Å². The van der Waals surface area contributed by atoms with Gasteiger partial charge in [-0.2, -0.15) is 0 Å². The number of hydrogen-bond donors (Lipinski definition) is 2. The van der Waals surface area contributed by atoms with Crippen LogP contribution in [0.5, 0.6) is 0 Å². The van der Waals surface area contributed by atoms with Crippen LogP contribution in [0.3, 0.4) is 0 Å². The number of carboxylic acid groups (broad SMARTS) is 1. The fraction of sp³-hybridized carbons (Fsp3) is 0.733. The first-order valence-electron chi connectivity index (χ1n) is 7.59. The van der Waals surface area contributed by atoms with E-state index < -0.39 is 17.5 Å². The summed E-state index contributed by atoms with van der Waals surface area (Å²) in [5.74, 6) is 0.147. The molecule has 0 amide bonds. The molecular weight excluding hydrogens is 270 g/mol. The van der Waals surface area contributed by atoms with Gasteiger partial charge in [-0.25, -0.2) is 4.98 Å². The number of aliphatic hydroxyl groups is 1. The number of aliphatic hydroxyl groups excluding tert-OH is 1. The molecule has 1 aromatic heterocycles. The molecule has 0 saturated carbocycles. The maximum absolute atomic E-state index is 11.6. The van der Waals surface area contributed by atoms with E-state index in [1.807, 2.05) is 24.7 Å². The zero-order chi connectivity index (χ0) is 15.5. The SMILES string of the molecule is CCC[C@]1(C(=O)O)CCN(CCc2nccn2C)C[C@H]1O. The van der Waals surface area contributed by atoms with E-state index in [2.05, 4.69) is 9.88 Å². The van der Waals surface area contributed by atoms with Crippen LogP contribution in [0, 0.1) is 5.41 Å². The maximum Gasteiger partial charge on any atom is 0.312 e. The summed E-state index contributed by atoms with van der Waals surface area (Å²) in [6.07, 6.45) is 5.52. The summed E-state index contributed by atoms with van der Waals surface area (Å²) in [5.41, 5.74) is -0.964. The molecule has 1 aromatic rings. The first-order chi connectivity index (χ1) is 9.99. The molecular formula is C15H25N3O3. The number of nitrogens with zero attached hydrogens (tertiary/aromatic N) is 3. The van der Waals surface area contributed by atoms with E-state index >= 15 is 0 Å². The van der Waals surface area contributed by atoms with Gasteiger partial charge >= 0.3 is 5.97 Å². The minimum atomic E-state index is -0.964. The Hall–Kier alpha value is -1.40. The van der Waals surface area contributed by atoms with Crippen molar-refractivity contribution in [3.05, 3.63) is 18.2 Å². The van der Waals surface area contributed by atoms with Crippen LogP contribution < -0.4 is 0 Å². The lowest BCUT2D eigenvalue weighted by atomic mass is 9.73. The third kappa shape index (κ3) is 3.27. The van der Waals surface area contributed by atoms with Crippen LogP contribution in [0.15, 0.2) is 12.4 Å². The number of β-amino-alcohol motifs (C(OH)–C–C–N with tert-alkyl or cyclic N) is 1. The number of aryl methyl sites for hydroxylation is 1. The molecule has 118 valence electrons. The van der Waals surface area contributed by atoms with E-state index in [0.717, 1.165) is 25.2 Å². The maximum atomic E-state index is 11.6. The number of aromatic nitrogens is 2. The standard InChI is InChI=1S/C15H25N3O3/c1-3-5-15(14(20)21)6-9-18(11-12(15)19)8-4-13-16-7-10-17(13)2/h7,10,12,19H,3-6,8-9,11H2,1-2H3,(H,20,21)/t12-,15+/m1/s1. The molecule has 2 heterocycles. The second-order valence-electron chi connectivity index (χ2n) is 5.98. The fourth-order valence-corrected chi connectivity index (χ4v) is 3.23. The van der Waals surface area contributed by atoms with Gasteiger partial charge in [0.25, 0.3) is 0 Å². The molecule has 0 spiro atoms. The number of carboxylic acids is 1. The summed E-state index contributed by atoms with van der Waals surface area (Å²) in [7, 11) is 1.96. The predicted octanol–water partition coefficient (Wildman–Crippen LogP) is 0.900. The second kappa shape index (κ2) is 6.58. The molecule has 6 nitrogen and oxygen atoms in total. The summed E-state index contributed by atoms with van der Waals surface area (Å²) in [6.45, 7) is 3.90. The van der Waals surface area contributed by atoms with Gasteiger partial charge in [-0.1, -0.05) is 13.3 Å². The highest BCUT2D eigenvalue weighted by Crippen LogP contribution is 2.36. The molecule has 0 unspecified atom stereocenters. The van der Waals surface area contributed by atoms with Crippen LogP contribution in [0.4, 0.5) is 0 Å². The third-order valence-electron chi connectivity index (χ3n) is 4.64. The number of aliphatic carboxylic acids is 1. The van der Waals surface area contributed by atoms with Gasteiger partial charge in [-0.15, -0.1) is 0 Å². The van der Waals surface area contributed by atoms with Gasteiger partial charge in [0, 0.05) is 39.0 Å². The van der Waals surface area contributed by atoms with Gasteiger partial charge in [0.1, 0.15) is 5.82 Å². The number of likely N-dealkylation sites (tertiary alicyclic amines) is 1. The van der Waals surface area contributed by atoms with Crippen molar-refractivity contribution in [2.75, 3.05) is 19.6 Å². The number of hydrogen-bond acceptors (Lipinski definition) is 4. The van der Waals surface area contributed by atoms with Crippen LogP contribution in [0.2, 0.25) is 0 Å². The largest absolute Gasteiger partial charge is 0.481 e. The lowest BCUT2D eigenvalue weighted by molar-refractivity contribution is -0.163. The monoisotopic (exact) mass is 295 g/mol. The average molecular weight is 295 g/mol. The molecule has 1 saturated heterocycles. The summed E-state index contributed by atoms with van der Waals surface area (Å²) < 4.78 is 1.99. The normalized spacial score (nSPS) is 26.9. The first-order valence-corrected chi connectivity index (χ1v) is 7.59. The van der Waals surface area contributed by atoms with E-state index in [0.29, 0.717) is 25.9 Å². The zero-order valence-electron chi connectivity index (χ0n) is 12.8. The van der Waals surface area contributed by atoms with Crippen molar-refractivity contribution >= 4 is 5.97 Å². The molecule has 1 aliphatic rings. The Balaban J connectivity index is 1.93. The Morgan fingerprint density at radius 1 is 1.57 bits per heavy atom. The Kier molecular flexibility index (Phi) is 5.00. The van der Waals surface area contributed by atoms with E-state index in [1.54, 1.807) is 6.20 Å². The predicted molar refractivity (Wildman–Crippen MR) is 79.0 cm³/mol. The van der Waals surface area contributed by atoms with Crippen molar-refractivity contribution in [1.29, 1.82) is 0 Å². The van der Waals surface area contributed by atoms with Crippen molar-refractivity contribution in [3.63, 3.8) is 0 Å². The smallest absolute Gasteiger partial charge is 0.312 e. The van der Waals surface area contributed by atoms with Crippen LogP contribution in [-0.4, -0.2) is 56.4 Å². The molecule has 0 aliphatic carbocycles. The van der Waals surface area contributed by atoms with E-state index in [-0.39, 0.29) is 0 Å². The van der Waals surface area contributed by atoms with Gasteiger partial charge in [0.05, 0.1) is 11.5 Å². The molecule has 2 N–H and O–H groups in total. The molecule has 0 aromatic carbocycles. The lowest BCUT2D eigenvalue weighted by Crippen LogP contribution is -2.55. The van der Waals surface area contributed by atoms with Crippen LogP contribution in [0.1, 0.15) is 32.0 Å². The number of piperidine rings is 1. The average Bonchev–Trinajstić information content (AvgIpc) is 2.84. The quantitative estimate of drug-likeness (QED) is 0.815. The molecule has 2 atom stereocenters. The molecule has 2 rings (SSSR count).